The second-order valence-electron chi connectivity index (χ2n) is 5.24. The molecule has 2 rings (SSSR count). The van der Waals surface area contributed by atoms with Gasteiger partial charge in [-0.3, -0.25) is 4.79 Å². The van der Waals surface area contributed by atoms with Crippen LogP contribution < -0.4 is 0 Å². The molecule has 0 aliphatic rings. The maximum atomic E-state index is 12.9. The van der Waals surface area contributed by atoms with Crippen molar-refractivity contribution in [1.29, 1.82) is 0 Å². The minimum absolute atomic E-state index is 0.0614. The number of ether oxygens (including phenoxy) is 1. The van der Waals surface area contributed by atoms with E-state index in [-0.39, 0.29) is 18.1 Å². The molecule has 0 heterocycles. The number of esters is 1. The Morgan fingerprint density at radius 1 is 1.00 bits per heavy atom. The molecular weight excluding hydrogens is 297 g/mol. The van der Waals surface area contributed by atoms with E-state index in [2.05, 4.69) is 4.74 Å². The molecule has 4 nitrogen and oxygen atoms in total. The first-order valence-corrected chi connectivity index (χ1v) is 7.15. The summed E-state index contributed by atoms with van der Waals surface area (Å²) >= 11 is 0. The maximum Gasteiger partial charge on any atom is 0.337 e. The van der Waals surface area contributed by atoms with Crippen LogP contribution in [0.15, 0.2) is 48.5 Å². The second-order valence-corrected chi connectivity index (χ2v) is 5.24. The van der Waals surface area contributed by atoms with Gasteiger partial charge in [0.1, 0.15) is 5.82 Å². The van der Waals surface area contributed by atoms with Gasteiger partial charge in [0.25, 0.3) is 0 Å². The van der Waals surface area contributed by atoms with Gasteiger partial charge in [0.15, 0.2) is 0 Å². The Morgan fingerprint density at radius 2 is 1.57 bits per heavy atom. The number of hydrogen-bond acceptors (Lipinski definition) is 3. The van der Waals surface area contributed by atoms with Crippen molar-refractivity contribution in [2.45, 2.75) is 13.0 Å². The number of rotatable bonds is 5. The molecule has 0 aliphatic heterocycles. The third-order valence-corrected chi connectivity index (χ3v) is 3.49. The zero-order valence-electron chi connectivity index (χ0n) is 13.1. The molecule has 23 heavy (non-hydrogen) atoms. The summed E-state index contributed by atoms with van der Waals surface area (Å²) in [5, 5.41) is 0. The van der Waals surface area contributed by atoms with Gasteiger partial charge in [-0.05, 0) is 35.4 Å². The molecule has 0 N–H and O–H groups in total. The smallest absolute Gasteiger partial charge is 0.337 e. The standard InChI is InChI=1S/C18H18FNO3/c1-20(17(21)11-13-5-9-16(19)10-6-13)12-14-3-7-15(8-4-14)18(22)23-2/h3-10H,11-12H2,1-2H3. The van der Waals surface area contributed by atoms with Crippen molar-refractivity contribution in [2.75, 3.05) is 14.2 Å². The van der Waals surface area contributed by atoms with Gasteiger partial charge in [0, 0.05) is 13.6 Å². The number of likely N-dealkylation sites (N-methyl/N-ethyl adjacent to an activating group) is 1. The minimum Gasteiger partial charge on any atom is -0.465 e. The van der Waals surface area contributed by atoms with Crippen molar-refractivity contribution in [1.82, 2.24) is 4.90 Å². The first kappa shape index (κ1) is 16.7. The lowest BCUT2D eigenvalue weighted by Gasteiger charge is -2.17. The molecule has 0 unspecified atom stereocenters. The summed E-state index contributed by atoms with van der Waals surface area (Å²) in [6, 6.07) is 12.8. The molecule has 2 aromatic rings. The highest BCUT2D eigenvalue weighted by atomic mass is 19.1. The highest BCUT2D eigenvalue weighted by molar-refractivity contribution is 5.89. The number of methoxy groups -OCH3 is 1. The summed E-state index contributed by atoms with van der Waals surface area (Å²) in [6.07, 6.45) is 0.219. The fourth-order valence-corrected chi connectivity index (χ4v) is 2.14. The molecule has 0 spiro atoms. The van der Waals surface area contributed by atoms with Crippen molar-refractivity contribution < 1.29 is 18.7 Å². The first-order valence-electron chi connectivity index (χ1n) is 7.15. The van der Waals surface area contributed by atoms with Crippen molar-refractivity contribution >= 4 is 11.9 Å². The molecule has 0 aromatic heterocycles. The number of nitrogens with zero attached hydrogens (tertiary/aromatic N) is 1. The van der Waals surface area contributed by atoms with Gasteiger partial charge < -0.3 is 9.64 Å². The van der Waals surface area contributed by atoms with E-state index >= 15 is 0 Å². The molecule has 0 atom stereocenters. The average molecular weight is 315 g/mol. The molecule has 0 aliphatic carbocycles. The van der Waals surface area contributed by atoms with Gasteiger partial charge >= 0.3 is 5.97 Å². The Bertz CT molecular complexity index is 680. The minimum atomic E-state index is -0.391. The van der Waals surface area contributed by atoms with Gasteiger partial charge in [-0.15, -0.1) is 0 Å². The van der Waals surface area contributed by atoms with Crippen LogP contribution in [0.2, 0.25) is 0 Å². The zero-order valence-corrected chi connectivity index (χ0v) is 13.1. The lowest BCUT2D eigenvalue weighted by molar-refractivity contribution is -0.129. The maximum absolute atomic E-state index is 12.9. The number of hydrogen-bond donors (Lipinski definition) is 0. The molecule has 1 amide bonds. The number of carbonyl (C=O) groups excluding carboxylic acids is 2. The van der Waals surface area contributed by atoms with E-state index < -0.39 is 5.97 Å². The third kappa shape index (κ3) is 4.64. The van der Waals surface area contributed by atoms with E-state index in [0.717, 1.165) is 11.1 Å². The van der Waals surface area contributed by atoms with Crippen LogP contribution in [-0.2, 0) is 22.5 Å². The molecule has 0 radical (unpaired) electrons. The molecule has 0 saturated heterocycles. The quantitative estimate of drug-likeness (QED) is 0.797. The Labute approximate surface area is 134 Å². The van der Waals surface area contributed by atoms with E-state index in [1.807, 2.05) is 0 Å². The number of amides is 1. The van der Waals surface area contributed by atoms with E-state index in [4.69, 9.17) is 0 Å². The highest BCUT2D eigenvalue weighted by Crippen LogP contribution is 2.10. The summed E-state index contributed by atoms with van der Waals surface area (Å²) in [5.74, 6) is -0.772. The topological polar surface area (TPSA) is 46.6 Å². The predicted octanol–water partition coefficient (Wildman–Crippen LogP) is 2.81. The first-order chi connectivity index (χ1) is 11.0. The molecule has 120 valence electrons. The Morgan fingerprint density at radius 3 is 2.13 bits per heavy atom. The Kier molecular flexibility index (Phi) is 5.46. The van der Waals surface area contributed by atoms with Crippen LogP contribution >= 0.6 is 0 Å². The number of halogens is 1. The molecule has 0 fully saturated rings. The van der Waals surface area contributed by atoms with E-state index in [9.17, 15) is 14.0 Å². The third-order valence-electron chi connectivity index (χ3n) is 3.49. The van der Waals surface area contributed by atoms with E-state index in [0.29, 0.717) is 12.1 Å². The summed E-state index contributed by atoms with van der Waals surface area (Å²) < 4.78 is 17.5. The van der Waals surface area contributed by atoms with Gasteiger partial charge in [-0.25, -0.2) is 9.18 Å². The summed E-state index contributed by atoms with van der Waals surface area (Å²) in [5.41, 5.74) is 2.15. The Balaban J connectivity index is 1.95. The van der Waals surface area contributed by atoms with Crippen LogP contribution in [-0.4, -0.2) is 30.9 Å². The largest absolute Gasteiger partial charge is 0.465 e. The number of carbonyl (C=O) groups is 2. The number of benzene rings is 2. The summed E-state index contributed by atoms with van der Waals surface area (Å²) in [4.78, 5) is 25.1. The molecule has 0 saturated carbocycles. The summed E-state index contributed by atoms with van der Waals surface area (Å²) in [7, 11) is 3.04. The van der Waals surface area contributed by atoms with Crippen LogP contribution in [0.3, 0.4) is 0 Å². The van der Waals surface area contributed by atoms with Crippen molar-refractivity contribution in [3.8, 4) is 0 Å². The van der Waals surface area contributed by atoms with Crippen LogP contribution in [0.25, 0.3) is 0 Å². The lowest BCUT2D eigenvalue weighted by Crippen LogP contribution is -2.27. The molecule has 5 heteroatoms. The fraction of sp³-hybridized carbons (Fsp3) is 0.222. The normalized spacial score (nSPS) is 10.2. The lowest BCUT2D eigenvalue weighted by atomic mass is 10.1. The van der Waals surface area contributed by atoms with Gasteiger partial charge in [0.05, 0.1) is 19.1 Å². The zero-order chi connectivity index (χ0) is 16.8. The molecular formula is C18H18FNO3. The van der Waals surface area contributed by atoms with Crippen molar-refractivity contribution in [3.05, 3.63) is 71.0 Å². The van der Waals surface area contributed by atoms with Gasteiger partial charge in [-0.2, -0.15) is 0 Å². The van der Waals surface area contributed by atoms with Crippen LogP contribution in [0, 0.1) is 5.82 Å². The summed E-state index contributed by atoms with van der Waals surface area (Å²) in [6.45, 7) is 0.432. The van der Waals surface area contributed by atoms with E-state index in [1.54, 1.807) is 48.3 Å². The van der Waals surface area contributed by atoms with Crippen LogP contribution in [0.1, 0.15) is 21.5 Å². The Hall–Kier alpha value is -2.69. The highest BCUT2D eigenvalue weighted by Gasteiger charge is 2.11. The van der Waals surface area contributed by atoms with Crippen LogP contribution in [0.4, 0.5) is 4.39 Å². The van der Waals surface area contributed by atoms with Crippen molar-refractivity contribution in [3.63, 3.8) is 0 Å². The van der Waals surface area contributed by atoms with Crippen LogP contribution in [0.5, 0.6) is 0 Å². The SMILES string of the molecule is COC(=O)c1ccc(CN(C)C(=O)Cc2ccc(F)cc2)cc1. The average Bonchev–Trinajstić information content (AvgIpc) is 2.56. The monoisotopic (exact) mass is 315 g/mol. The van der Waals surface area contributed by atoms with E-state index in [1.165, 1.54) is 19.2 Å². The second kappa shape index (κ2) is 7.54. The molecule has 2 aromatic carbocycles. The fourth-order valence-electron chi connectivity index (χ4n) is 2.14. The molecule has 0 bridgehead atoms. The van der Waals surface area contributed by atoms with Gasteiger partial charge in [0.2, 0.25) is 5.91 Å². The predicted molar refractivity (Wildman–Crippen MR) is 84.4 cm³/mol. The van der Waals surface area contributed by atoms with Gasteiger partial charge in [-0.1, -0.05) is 24.3 Å². The van der Waals surface area contributed by atoms with Crippen molar-refractivity contribution in [2.24, 2.45) is 0 Å².